The average molecular weight is 249 g/mol. The molecule has 1 heterocycles. The van der Waals surface area contributed by atoms with Crippen LogP contribution in [0.5, 0.6) is 0 Å². The van der Waals surface area contributed by atoms with Crippen molar-refractivity contribution in [2.75, 3.05) is 13.2 Å². The molecule has 0 saturated carbocycles. The predicted molar refractivity (Wildman–Crippen MR) is 66.1 cm³/mol. The molecule has 0 aliphatic rings. The number of nitrogens with one attached hydrogen (secondary N) is 2. The van der Waals surface area contributed by atoms with Crippen LogP contribution in [0.2, 0.25) is 0 Å². The monoisotopic (exact) mass is 249 g/mol. The van der Waals surface area contributed by atoms with E-state index in [2.05, 4.69) is 15.3 Å². The minimum Gasteiger partial charge on any atom is -0.394 e. The van der Waals surface area contributed by atoms with E-state index in [9.17, 15) is 4.79 Å². The molecule has 0 aliphatic heterocycles. The number of nitrogens with zero attached hydrogens (tertiary/aromatic N) is 1. The molecule has 0 saturated heterocycles. The van der Waals surface area contributed by atoms with Gasteiger partial charge in [0.15, 0.2) is 0 Å². The van der Waals surface area contributed by atoms with E-state index in [1.54, 1.807) is 31.5 Å². The molecule has 1 amide bonds. The summed E-state index contributed by atoms with van der Waals surface area (Å²) in [6.45, 7) is 0.905. The lowest BCUT2D eigenvalue weighted by atomic mass is 10.0. The summed E-state index contributed by atoms with van der Waals surface area (Å²) in [4.78, 5) is 19.0. The number of aliphatic hydroxyl groups is 2. The minimum atomic E-state index is -1.03. The number of fused-ring (bicyclic) bond motifs is 1. The van der Waals surface area contributed by atoms with Crippen LogP contribution in [0.25, 0.3) is 11.0 Å². The molecule has 0 fully saturated rings. The highest BCUT2D eigenvalue weighted by molar-refractivity contribution is 5.97. The Kier molecular flexibility index (Phi) is 3.31. The van der Waals surface area contributed by atoms with Crippen molar-refractivity contribution >= 4 is 16.9 Å². The van der Waals surface area contributed by atoms with Crippen LogP contribution in [0.4, 0.5) is 0 Å². The second-order valence-electron chi connectivity index (χ2n) is 4.47. The van der Waals surface area contributed by atoms with Crippen LogP contribution in [0.1, 0.15) is 17.3 Å². The maximum absolute atomic E-state index is 12.0. The number of H-pyrrole nitrogens is 1. The maximum atomic E-state index is 12.0. The number of benzene rings is 1. The van der Waals surface area contributed by atoms with Gasteiger partial charge in [-0.3, -0.25) is 4.79 Å². The highest BCUT2D eigenvalue weighted by Gasteiger charge is 2.25. The van der Waals surface area contributed by atoms with E-state index in [0.29, 0.717) is 5.56 Å². The Morgan fingerprint density at radius 3 is 2.83 bits per heavy atom. The van der Waals surface area contributed by atoms with Gasteiger partial charge in [-0.1, -0.05) is 0 Å². The molecule has 1 aromatic carbocycles. The second kappa shape index (κ2) is 4.75. The first-order valence-electron chi connectivity index (χ1n) is 5.55. The number of rotatable bonds is 4. The number of carbonyl (C=O) groups is 1. The van der Waals surface area contributed by atoms with Crippen LogP contribution < -0.4 is 5.32 Å². The molecule has 2 rings (SSSR count). The topological polar surface area (TPSA) is 98.2 Å². The summed E-state index contributed by atoms with van der Waals surface area (Å²) in [6.07, 6.45) is 1.55. The second-order valence-corrected chi connectivity index (χ2v) is 4.47. The Hall–Kier alpha value is -1.92. The third-order valence-corrected chi connectivity index (χ3v) is 2.80. The van der Waals surface area contributed by atoms with Crippen molar-refractivity contribution in [3.63, 3.8) is 0 Å². The molecule has 0 aliphatic carbocycles. The number of aromatic nitrogens is 2. The largest absolute Gasteiger partial charge is 0.394 e. The van der Waals surface area contributed by atoms with Crippen molar-refractivity contribution in [3.05, 3.63) is 30.1 Å². The normalized spacial score (nSPS) is 11.7. The number of amides is 1. The van der Waals surface area contributed by atoms with Gasteiger partial charge in [0, 0.05) is 5.56 Å². The van der Waals surface area contributed by atoms with Crippen molar-refractivity contribution < 1.29 is 15.0 Å². The fourth-order valence-electron chi connectivity index (χ4n) is 1.55. The maximum Gasteiger partial charge on any atom is 0.251 e. The van der Waals surface area contributed by atoms with Gasteiger partial charge < -0.3 is 20.5 Å². The van der Waals surface area contributed by atoms with E-state index < -0.39 is 5.54 Å². The van der Waals surface area contributed by atoms with Crippen LogP contribution in [0.15, 0.2) is 24.5 Å². The average Bonchev–Trinajstić information content (AvgIpc) is 2.85. The van der Waals surface area contributed by atoms with E-state index in [1.807, 2.05) is 0 Å². The van der Waals surface area contributed by atoms with Crippen LogP contribution in [-0.4, -0.2) is 44.8 Å². The van der Waals surface area contributed by atoms with E-state index in [1.165, 1.54) is 0 Å². The lowest BCUT2D eigenvalue weighted by Gasteiger charge is -2.26. The third kappa shape index (κ3) is 2.34. The molecule has 1 aromatic heterocycles. The van der Waals surface area contributed by atoms with Gasteiger partial charge in [-0.2, -0.15) is 0 Å². The highest BCUT2D eigenvalue weighted by Crippen LogP contribution is 2.12. The molecule has 0 radical (unpaired) electrons. The SMILES string of the molecule is CC(CO)(CO)NC(=O)c1ccc2nc[nH]c2c1. The summed E-state index contributed by atoms with van der Waals surface area (Å²) in [5.74, 6) is -0.350. The Labute approximate surface area is 104 Å². The van der Waals surface area contributed by atoms with Gasteiger partial charge in [-0.05, 0) is 25.1 Å². The molecule has 0 unspecified atom stereocenters. The van der Waals surface area contributed by atoms with Gasteiger partial charge in [-0.25, -0.2) is 4.98 Å². The first-order chi connectivity index (χ1) is 8.58. The summed E-state index contributed by atoms with van der Waals surface area (Å²) >= 11 is 0. The summed E-state index contributed by atoms with van der Waals surface area (Å²) in [5, 5.41) is 20.9. The Balaban J connectivity index is 2.22. The summed E-state index contributed by atoms with van der Waals surface area (Å²) in [5.41, 5.74) is 0.955. The van der Waals surface area contributed by atoms with Gasteiger partial charge in [0.1, 0.15) is 0 Å². The fourth-order valence-corrected chi connectivity index (χ4v) is 1.55. The molecule has 2 aromatic rings. The smallest absolute Gasteiger partial charge is 0.251 e. The van der Waals surface area contributed by atoms with Gasteiger partial charge in [0.2, 0.25) is 0 Å². The molecule has 0 atom stereocenters. The predicted octanol–water partition coefficient (Wildman–Crippen LogP) is 0.0360. The van der Waals surface area contributed by atoms with E-state index in [-0.39, 0.29) is 19.1 Å². The molecule has 6 heteroatoms. The number of hydrogen-bond donors (Lipinski definition) is 4. The van der Waals surface area contributed by atoms with Gasteiger partial charge in [0.25, 0.3) is 5.91 Å². The summed E-state index contributed by atoms with van der Waals surface area (Å²) in [7, 11) is 0. The number of imidazole rings is 1. The number of carbonyl (C=O) groups excluding carboxylic acids is 1. The zero-order chi connectivity index (χ0) is 13.2. The Morgan fingerprint density at radius 1 is 1.44 bits per heavy atom. The van der Waals surface area contributed by atoms with Crippen LogP contribution >= 0.6 is 0 Å². The molecule has 18 heavy (non-hydrogen) atoms. The Bertz CT molecular complexity index is 560. The Morgan fingerprint density at radius 2 is 2.17 bits per heavy atom. The van der Waals surface area contributed by atoms with Crippen molar-refractivity contribution in [1.29, 1.82) is 0 Å². The van der Waals surface area contributed by atoms with Crippen molar-refractivity contribution in [2.45, 2.75) is 12.5 Å². The number of aliphatic hydroxyl groups excluding tert-OH is 2. The zero-order valence-corrected chi connectivity index (χ0v) is 9.97. The lowest BCUT2D eigenvalue weighted by Crippen LogP contribution is -2.51. The molecule has 96 valence electrons. The first kappa shape index (κ1) is 12.5. The van der Waals surface area contributed by atoms with Gasteiger partial charge in [0.05, 0.1) is 36.1 Å². The minimum absolute atomic E-state index is 0.332. The van der Waals surface area contributed by atoms with Crippen LogP contribution in [0, 0.1) is 0 Å². The van der Waals surface area contributed by atoms with Crippen LogP contribution in [0.3, 0.4) is 0 Å². The highest BCUT2D eigenvalue weighted by atomic mass is 16.3. The van der Waals surface area contributed by atoms with E-state index >= 15 is 0 Å². The van der Waals surface area contributed by atoms with Crippen molar-refractivity contribution in [3.8, 4) is 0 Å². The van der Waals surface area contributed by atoms with Crippen molar-refractivity contribution in [1.82, 2.24) is 15.3 Å². The molecule has 4 N–H and O–H groups in total. The molecule has 6 nitrogen and oxygen atoms in total. The zero-order valence-electron chi connectivity index (χ0n) is 9.97. The molecule has 0 bridgehead atoms. The quantitative estimate of drug-likeness (QED) is 0.614. The molecular formula is C12H15N3O3. The van der Waals surface area contributed by atoms with Gasteiger partial charge >= 0.3 is 0 Å². The third-order valence-electron chi connectivity index (χ3n) is 2.80. The lowest BCUT2D eigenvalue weighted by molar-refractivity contribution is 0.0724. The van der Waals surface area contributed by atoms with E-state index in [4.69, 9.17) is 10.2 Å². The fraction of sp³-hybridized carbons (Fsp3) is 0.333. The van der Waals surface area contributed by atoms with E-state index in [0.717, 1.165) is 11.0 Å². The van der Waals surface area contributed by atoms with Crippen LogP contribution in [-0.2, 0) is 0 Å². The number of hydrogen-bond acceptors (Lipinski definition) is 4. The first-order valence-corrected chi connectivity index (χ1v) is 5.55. The number of aromatic amines is 1. The molecular weight excluding hydrogens is 234 g/mol. The summed E-state index contributed by atoms with van der Waals surface area (Å²) < 4.78 is 0. The van der Waals surface area contributed by atoms with Crippen molar-refractivity contribution in [2.24, 2.45) is 0 Å². The standard InChI is InChI=1S/C12H15N3O3/c1-12(5-16,6-17)15-11(18)8-2-3-9-10(4-8)14-7-13-9/h2-4,7,16-17H,5-6H2,1H3,(H,13,14)(H,15,18). The van der Waals surface area contributed by atoms with Gasteiger partial charge in [-0.15, -0.1) is 0 Å². The summed E-state index contributed by atoms with van der Waals surface area (Å²) in [6, 6.07) is 5.05. The molecule has 0 spiro atoms.